The number of ether oxygens (including phenoxy) is 1. The first kappa shape index (κ1) is 21.5. The molecule has 1 aromatic carbocycles. The van der Waals surface area contributed by atoms with E-state index in [1.165, 1.54) is 0 Å². The lowest BCUT2D eigenvalue weighted by atomic mass is 9.96. The van der Waals surface area contributed by atoms with Crippen LogP contribution < -0.4 is 4.74 Å². The van der Waals surface area contributed by atoms with Crippen molar-refractivity contribution >= 4 is 17.2 Å². The summed E-state index contributed by atoms with van der Waals surface area (Å²) in [6.07, 6.45) is 6.04. The first-order valence-corrected chi connectivity index (χ1v) is 11.5. The van der Waals surface area contributed by atoms with Gasteiger partial charge in [-0.3, -0.25) is 9.48 Å². The van der Waals surface area contributed by atoms with Crippen molar-refractivity contribution in [2.75, 3.05) is 19.7 Å². The van der Waals surface area contributed by atoms with Gasteiger partial charge in [0, 0.05) is 43.2 Å². The highest BCUT2D eigenvalue weighted by Crippen LogP contribution is 2.36. The Hall–Kier alpha value is -2.71. The van der Waals surface area contributed by atoms with E-state index < -0.39 is 5.60 Å². The van der Waals surface area contributed by atoms with Crippen LogP contribution in [0.2, 0.25) is 0 Å². The molecule has 31 heavy (non-hydrogen) atoms. The molecule has 1 amide bonds. The van der Waals surface area contributed by atoms with Crippen molar-refractivity contribution in [3.63, 3.8) is 0 Å². The molecule has 3 heterocycles. The normalized spacial score (nSPS) is 19.2. The molecule has 1 N–H and O–H groups in total. The van der Waals surface area contributed by atoms with Crippen molar-refractivity contribution in [3.05, 3.63) is 64.4 Å². The van der Waals surface area contributed by atoms with Gasteiger partial charge in [-0.05, 0) is 38.0 Å². The molecular weight excluding hydrogens is 412 g/mol. The van der Waals surface area contributed by atoms with E-state index in [-0.39, 0.29) is 12.5 Å². The van der Waals surface area contributed by atoms with Gasteiger partial charge in [0.1, 0.15) is 22.9 Å². The van der Waals surface area contributed by atoms with Crippen LogP contribution in [0.5, 0.6) is 5.75 Å². The Morgan fingerprint density at radius 1 is 1.23 bits per heavy atom. The molecule has 0 spiro atoms. The highest BCUT2D eigenvalue weighted by molar-refractivity contribution is 7.11. The number of rotatable bonds is 7. The maximum absolute atomic E-state index is 12.6. The van der Waals surface area contributed by atoms with Crippen molar-refractivity contribution < 1.29 is 14.6 Å². The van der Waals surface area contributed by atoms with Crippen LogP contribution >= 0.6 is 11.3 Å². The van der Waals surface area contributed by atoms with Gasteiger partial charge < -0.3 is 14.7 Å². The second kappa shape index (κ2) is 9.62. The van der Waals surface area contributed by atoms with Crippen LogP contribution in [0, 0.1) is 6.92 Å². The molecule has 0 bridgehead atoms. The van der Waals surface area contributed by atoms with Crippen LogP contribution in [0.4, 0.5) is 0 Å². The minimum Gasteiger partial charge on any atom is -0.493 e. The zero-order chi connectivity index (χ0) is 21.7. The summed E-state index contributed by atoms with van der Waals surface area (Å²) >= 11 is 1.56. The summed E-state index contributed by atoms with van der Waals surface area (Å²) in [6.45, 7) is 3.94. The molecule has 8 heteroatoms. The maximum atomic E-state index is 12.6. The van der Waals surface area contributed by atoms with Crippen LogP contribution in [-0.2, 0) is 23.4 Å². The minimum absolute atomic E-state index is 0.0296. The van der Waals surface area contributed by atoms with Crippen molar-refractivity contribution in [2.24, 2.45) is 0 Å². The Bertz CT molecular complexity index is 990. The lowest BCUT2D eigenvalue weighted by Crippen LogP contribution is -2.36. The second-order valence-corrected chi connectivity index (χ2v) is 8.99. The molecule has 0 saturated carbocycles. The fourth-order valence-corrected chi connectivity index (χ4v) is 5.04. The van der Waals surface area contributed by atoms with Gasteiger partial charge in [0.2, 0.25) is 5.91 Å². The molecule has 1 saturated heterocycles. The predicted molar refractivity (Wildman–Crippen MR) is 119 cm³/mol. The molecule has 1 unspecified atom stereocenters. The standard InChI is InChI=1S/C23H28N4O3S/c1-18-20(9-16-30-19-7-3-2-4-8-19)31-22(25-18)23(29)10-5-13-26(15-11-23)21(28)17-27-14-6-12-24-27/h2-4,6-8,12,14,29H,5,9-11,13,15-17H2,1H3. The average molecular weight is 441 g/mol. The topological polar surface area (TPSA) is 80.5 Å². The van der Waals surface area contributed by atoms with Crippen LogP contribution in [0.3, 0.4) is 0 Å². The molecule has 7 nitrogen and oxygen atoms in total. The van der Waals surface area contributed by atoms with Gasteiger partial charge in [-0.15, -0.1) is 11.3 Å². The smallest absolute Gasteiger partial charge is 0.244 e. The van der Waals surface area contributed by atoms with Gasteiger partial charge in [-0.1, -0.05) is 18.2 Å². The molecule has 3 aromatic rings. The Morgan fingerprint density at radius 3 is 2.84 bits per heavy atom. The molecular formula is C23H28N4O3S. The van der Waals surface area contributed by atoms with Gasteiger partial charge in [-0.2, -0.15) is 5.10 Å². The third-order valence-corrected chi connectivity index (χ3v) is 7.07. The monoisotopic (exact) mass is 440 g/mol. The number of aliphatic hydroxyl groups is 1. The number of nitrogens with zero attached hydrogens (tertiary/aromatic N) is 4. The van der Waals surface area contributed by atoms with Gasteiger partial charge >= 0.3 is 0 Å². The molecule has 1 fully saturated rings. The maximum Gasteiger partial charge on any atom is 0.244 e. The van der Waals surface area contributed by atoms with Gasteiger partial charge in [-0.25, -0.2) is 4.98 Å². The zero-order valence-electron chi connectivity index (χ0n) is 17.7. The molecule has 1 atom stereocenters. The zero-order valence-corrected chi connectivity index (χ0v) is 18.6. The van der Waals surface area contributed by atoms with Crippen LogP contribution in [0.1, 0.15) is 34.8 Å². The van der Waals surface area contributed by atoms with E-state index in [9.17, 15) is 9.90 Å². The van der Waals surface area contributed by atoms with E-state index in [2.05, 4.69) is 5.10 Å². The van der Waals surface area contributed by atoms with Crippen LogP contribution in [0.25, 0.3) is 0 Å². The summed E-state index contributed by atoms with van der Waals surface area (Å²) in [7, 11) is 0. The van der Waals surface area contributed by atoms with E-state index in [1.54, 1.807) is 28.4 Å². The van der Waals surface area contributed by atoms with Crippen LogP contribution in [-0.4, -0.2) is 50.4 Å². The summed E-state index contributed by atoms with van der Waals surface area (Å²) in [4.78, 5) is 20.3. The molecule has 1 aliphatic heterocycles. The number of thiazole rings is 1. The van der Waals surface area contributed by atoms with Crippen LogP contribution in [0.15, 0.2) is 48.8 Å². The number of aryl methyl sites for hydroxylation is 1. The fraction of sp³-hybridized carbons (Fsp3) is 0.435. The molecule has 2 aromatic heterocycles. The number of hydrogen-bond acceptors (Lipinski definition) is 6. The lowest BCUT2D eigenvalue weighted by Gasteiger charge is -2.24. The molecule has 0 radical (unpaired) electrons. The van der Waals surface area contributed by atoms with Gasteiger partial charge in [0.05, 0.1) is 12.3 Å². The van der Waals surface area contributed by atoms with Crippen molar-refractivity contribution in [1.82, 2.24) is 19.7 Å². The molecule has 0 aliphatic carbocycles. The lowest BCUT2D eigenvalue weighted by molar-refractivity contribution is -0.132. The SMILES string of the molecule is Cc1nc(C2(O)CCCN(C(=O)Cn3cccn3)CC2)sc1CCOc1ccccc1. The van der Waals surface area contributed by atoms with E-state index in [4.69, 9.17) is 9.72 Å². The number of benzene rings is 1. The predicted octanol–water partition coefficient (Wildman–Crippen LogP) is 3.17. The Balaban J connectivity index is 1.36. The van der Waals surface area contributed by atoms with E-state index in [0.717, 1.165) is 34.2 Å². The summed E-state index contributed by atoms with van der Waals surface area (Å²) in [5, 5.41) is 16.2. The van der Waals surface area contributed by atoms with Gasteiger partial charge in [0.25, 0.3) is 0 Å². The quantitative estimate of drug-likeness (QED) is 0.610. The fourth-order valence-electron chi connectivity index (χ4n) is 3.85. The second-order valence-electron chi connectivity index (χ2n) is 7.91. The third kappa shape index (κ3) is 5.32. The number of aromatic nitrogens is 3. The molecule has 1 aliphatic rings. The first-order valence-electron chi connectivity index (χ1n) is 10.7. The molecule has 164 valence electrons. The van der Waals surface area contributed by atoms with Crippen molar-refractivity contribution in [1.29, 1.82) is 0 Å². The number of amides is 1. The highest BCUT2D eigenvalue weighted by Gasteiger charge is 2.36. The van der Waals surface area contributed by atoms with Crippen molar-refractivity contribution in [2.45, 2.75) is 44.8 Å². The Morgan fingerprint density at radius 2 is 2.06 bits per heavy atom. The van der Waals surface area contributed by atoms with Crippen molar-refractivity contribution in [3.8, 4) is 5.75 Å². The first-order chi connectivity index (χ1) is 15.0. The minimum atomic E-state index is -0.991. The summed E-state index contributed by atoms with van der Waals surface area (Å²) in [5.41, 5.74) is -0.0461. The Kier molecular flexibility index (Phi) is 6.67. The Labute approximate surface area is 186 Å². The number of likely N-dealkylation sites (tertiary alicyclic amines) is 1. The number of para-hydroxylation sites is 1. The average Bonchev–Trinajstić information content (AvgIpc) is 3.36. The van der Waals surface area contributed by atoms with E-state index in [0.29, 0.717) is 32.5 Å². The van der Waals surface area contributed by atoms with E-state index >= 15 is 0 Å². The van der Waals surface area contributed by atoms with E-state index in [1.807, 2.05) is 48.2 Å². The highest BCUT2D eigenvalue weighted by atomic mass is 32.1. The number of hydrogen-bond donors (Lipinski definition) is 1. The summed E-state index contributed by atoms with van der Waals surface area (Å²) in [5.74, 6) is 0.883. The third-order valence-electron chi connectivity index (χ3n) is 5.65. The summed E-state index contributed by atoms with van der Waals surface area (Å²) in [6, 6.07) is 11.6. The molecule has 4 rings (SSSR count). The summed E-state index contributed by atoms with van der Waals surface area (Å²) < 4.78 is 7.45. The van der Waals surface area contributed by atoms with Gasteiger partial charge in [0.15, 0.2) is 0 Å². The number of carbonyl (C=O) groups is 1. The largest absolute Gasteiger partial charge is 0.493 e. The number of carbonyl (C=O) groups excluding carboxylic acids is 1.